The van der Waals surface area contributed by atoms with E-state index in [1.807, 2.05) is 4.90 Å². The van der Waals surface area contributed by atoms with E-state index in [4.69, 9.17) is 16.3 Å². The van der Waals surface area contributed by atoms with E-state index in [0.29, 0.717) is 22.2 Å². The molecule has 2 atom stereocenters. The van der Waals surface area contributed by atoms with Crippen LogP contribution in [-0.4, -0.2) is 30.0 Å². The van der Waals surface area contributed by atoms with Gasteiger partial charge in [0.2, 0.25) is 0 Å². The van der Waals surface area contributed by atoms with Gasteiger partial charge in [-0.25, -0.2) is 0 Å². The summed E-state index contributed by atoms with van der Waals surface area (Å²) in [7, 11) is 0. The number of rotatable bonds is 3. The van der Waals surface area contributed by atoms with Gasteiger partial charge in [-0.1, -0.05) is 32.4 Å². The molecule has 120 valence electrons. The van der Waals surface area contributed by atoms with Gasteiger partial charge < -0.3 is 9.64 Å². The van der Waals surface area contributed by atoms with Gasteiger partial charge >= 0.3 is 0 Å². The van der Waals surface area contributed by atoms with Crippen molar-refractivity contribution < 1.29 is 9.53 Å². The standard InChI is InChI=1S/C18H24ClNO2/c1-17(2)8-14-9-18(3,11-17)12-20(14)16(21)10-22-15-6-4-13(19)5-7-15/h4-7,14H,8-12H2,1-3H3/t14-,18+/m0/s1. The molecule has 22 heavy (non-hydrogen) atoms. The molecule has 1 amide bonds. The summed E-state index contributed by atoms with van der Waals surface area (Å²) < 4.78 is 5.62. The first-order valence-electron chi connectivity index (χ1n) is 7.94. The lowest BCUT2D eigenvalue weighted by atomic mass is 9.65. The first kappa shape index (κ1) is 15.7. The molecule has 4 heteroatoms. The van der Waals surface area contributed by atoms with Crippen LogP contribution in [0.25, 0.3) is 0 Å². The average Bonchev–Trinajstić information content (AvgIpc) is 2.67. The molecule has 2 fully saturated rings. The van der Waals surface area contributed by atoms with E-state index in [1.54, 1.807) is 24.3 Å². The fourth-order valence-electron chi connectivity index (χ4n) is 4.51. The summed E-state index contributed by atoms with van der Waals surface area (Å²) in [5.41, 5.74) is 0.589. The third kappa shape index (κ3) is 3.24. The van der Waals surface area contributed by atoms with Gasteiger partial charge in [-0.3, -0.25) is 4.79 Å². The summed E-state index contributed by atoms with van der Waals surface area (Å²) in [6, 6.07) is 7.50. The number of ether oxygens (including phenoxy) is 1. The summed E-state index contributed by atoms with van der Waals surface area (Å²) in [4.78, 5) is 14.6. The Labute approximate surface area is 137 Å². The van der Waals surface area contributed by atoms with E-state index in [2.05, 4.69) is 20.8 Å². The number of hydrogen-bond donors (Lipinski definition) is 0. The minimum absolute atomic E-state index is 0.0985. The molecular formula is C18H24ClNO2. The maximum absolute atomic E-state index is 12.6. The number of fused-ring (bicyclic) bond motifs is 2. The van der Waals surface area contributed by atoms with Crippen LogP contribution in [0.15, 0.2) is 24.3 Å². The normalized spacial score (nSPS) is 29.5. The molecule has 0 unspecified atom stereocenters. The Balaban J connectivity index is 1.62. The third-order valence-electron chi connectivity index (χ3n) is 4.91. The van der Waals surface area contributed by atoms with Crippen molar-refractivity contribution in [3.63, 3.8) is 0 Å². The molecule has 1 saturated heterocycles. The van der Waals surface area contributed by atoms with E-state index in [9.17, 15) is 4.79 Å². The van der Waals surface area contributed by atoms with E-state index < -0.39 is 0 Å². The molecule has 2 bridgehead atoms. The SMILES string of the molecule is CC1(C)C[C@H]2C[C@@](C)(CN2C(=O)COc2ccc(Cl)cc2)C1. The van der Waals surface area contributed by atoms with Gasteiger partial charge in [0.15, 0.2) is 6.61 Å². The fraction of sp³-hybridized carbons (Fsp3) is 0.611. The minimum atomic E-state index is 0.0985. The number of amides is 1. The molecule has 1 aromatic carbocycles. The Morgan fingerprint density at radius 1 is 1.27 bits per heavy atom. The van der Waals surface area contributed by atoms with Crippen molar-refractivity contribution in [3.05, 3.63) is 29.3 Å². The van der Waals surface area contributed by atoms with Gasteiger partial charge in [-0.2, -0.15) is 0 Å². The highest BCUT2D eigenvalue weighted by Crippen LogP contribution is 2.52. The molecule has 3 nitrogen and oxygen atoms in total. The summed E-state index contributed by atoms with van der Waals surface area (Å²) in [6.45, 7) is 7.91. The lowest BCUT2D eigenvalue weighted by Crippen LogP contribution is -2.40. The van der Waals surface area contributed by atoms with Gasteiger partial charge in [0, 0.05) is 17.6 Å². The second kappa shape index (κ2) is 5.45. The summed E-state index contributed by atoms with van der Waals surface area (Å²) in [5, 5.41) is 0.669. The predicted octanol–water partition coefficient (Wildman–Crippen LogP) is 4.15. The Kier molecular flexibility index (Phi) is 3.88. The Morgan fingerprint density at radius 2 is 1.95 bits per heavy atom. The number of benzene rings is 1. The molecule has 0 N–H and O–H groups in total. The second-order valence-corrected chi connectivity index (χ2v) is 8.41. The van der Waals surface area contributed by atoms with Gasteiger partial charge in [0.25, 0.3) is 5.91 Å². The molecule has 2 aliphatic rings. The highest BCUT2D eigenvalue weighted by Gasteiger charge is 2.50. The van der Waals surface area contributed by atoms with E-state index in [0.717, 1.165) is 19.4 Å². The molecule has 0 radical (unpaired) electrons. The van der Waals surface area contributed by atoms with Gasteiger partial charge in [-0.15, -0.1) is 0 Å². The zero-order chi connectivity index (χ0) is 16.0. The largest absolute Gasteiger partial charge is 0.484 e. The fourth-order valence-corrected chi connectivity index (χ4v) is 4.64. The lowest BCUT2D eigenvalue weighted by Gasteiger charge is -2.39. The number of likely N-dealkylation sites (tertiary alicyclic amines) is 1. The quantitative estimate of drug-likeness (QED) is 0.837. The number of nitrogens with zero attached hydrogens (tertiary/aromatic N) is 1. The van der Waals surface area contributed by atoms with E-state index in [1.165, 1.54) is 6.42 Å². The molecule has 1 saturated carbocycles. The molecule has 1 aliphatic heterocycles. The van der Waals surface area contributed by atoms with Crippen LogP contribution in [0.4, 0.5) is 0 Å². The van der Waals surface area contributed by atoms with Crippen molar-refractivity contribution in [2.75, 3.05) is 13.2 Å². The Morgan fingerprint density at radius 3 is 2.64 bits per heavy atom. The molecule has 1 aliphatic carbocycles. The van der Waals surface area contributed by atoms with Crippen molar-refractivity contribution in [1.29, 1.82) is 0 Å². The lowest BCUT2D eigenvalue weighted by molar-refractivity contribution is -0.134. The van der Waals surface area contributed by atoms with Crippen LogP contribution in [0.2, 0.25) is 5.02 Å². The van der Waals surface area contributed by atoms with Gasteiger partial charge in [-0.05, 0) is 54.4 Å². The monoisotopic (exact) mass is 321 g/mol. The highest BCUT2D eigenvalue weighted by atomic mass is 35.5. The Bertz CT molecular complexity index is 569. The number of halogens is 1. The first-order valence-corrected chi connectivity index (χ1v) is 8.32. The molecule has 1 aromatic rings. The predicted molar refractivity (Wildman–Crippen MR) is 88.2 cm³/mol. The second-order valence-electron chi connectivity index (χ2n) is 7.98. The highest BCUT2D eigenvalue weighted by molar-refractivity contribution is 6.30. The van der Waals surface area contributed by atoms with Crippen molar-refractivity contribution in [2.45, 2.75) is 46.1 Å². The number of carbonyl (C=O) groups is 1. The average molecular weight is 322 g/mol. The van der Waals surface area contributed by atoms with Crippen molar-refractivity contribution >= 4 is 17.5 Å². The maximum atomic E-state index is 12.6. The van der Waals surface area contributed by atoms with Crippen LogP contribution < -0.4 is 4.74 Å². The molecule has 0 spiro atoms. The van der Waals surface area contributed by atoms with Crippen LogP contribution in [0.5, 0.6) is 5.75 Å². The Hall–Kier alpha value is -1.22. The van der Waals surface area contributed by atoms with Crippen molar-refractivity contribution in [2.24, 2.45) is 10.8 Å². The molecular weight excluding hydrogens is 298 g/mol. The van der Waals surface area contributed by atoms with Crippen LogP contribution in [0, 0.1) is 10.8 Å². The van der Waals surface area contributed by atoms with Crippen LogP contribution in [-0.2, 0) is 4.79 Å². The van der Waals surface area contributed by atoms with Crippen LogP contribution in [0.3, 0.4) is 0 Å². The van der Waals surface area contributed by atoms with Gasteiger partial charge in [0.1, 0.15) is 5.75 Å². The van der Waals surface area contributed by atoms with E-state index in [-0.39, 0.29) is 17.9 Å². The summed E-state index contributed by atoms with van der Waals surface area (Å²) in [5.74, 6) is 0.785. The third-order valence-corrected chi connectivity index (χ3v) is 5.16. The zero-order valence-corrected chi connectivity index (χ0v) is 14.3. The molecule has 3 rings (SSSR count). The molecule has 0 aromatic heterocycles. The smallest absolute Gasteiger partial charge is 0.260 e. The number of hydrogen-bond acceptors (Lipinski definition) is 2. The summed E-state index contributed by atoms with van der Waals surface area (Å²) >= 11 is 5.85. The first-order chi connectivity index (χ1) is 10.3. The number of carbonyl (C=O) groups excluding carboxylic acids is 1. The van der Waals surface area contributed by atoms with E-state index >= 15 is 0 Å². The maximum Gasteiger partial charge on any atom is 0.260 e. The van der Waals surface area contributed by atoms with Crippen LogP contribution >= 0.6 is 11.6 Å². The summed E-state index contributed by atoms with van der Waals surface area (Å²) in [6.07, 6.45) is 3.41. The van der Waals surface area contributed by atoms with Crippen molar-refractivity contribution in [1.82, 2.24) is 4.90 Å². The zero-order valence-electron chi connectivity index (χ0n) is 13.6. The van der Waals surface area contributed by atoms with Crippen molar-refractivity contribution in [3.8, 4) is 5.75 Å². The molecule has 1 heterocycles. The van der Waals surface area contributed by atoms with Gasteiger partial charge in [0.05, 0.1) is 0 Å². The topological polar surface area (TPSA) is 29.5 Å². The minimum Gasteiger partial charge on any atom is -0.484 e. The van der Waals surface area contributed by atoms with Crippen LogP contribution in [0.1, 0.15) is 40.0 Å².